The van der Waals surface area contributed by atoms with Crippen LogP contribution >= 0.6 is 0 Å². The number of nitrogens with one attached hydrogen (secondary N) is 1. The third-order valence-corrected chi connectivity index (χ3v) is 4.37. The second kappa shape index (κ2) is 11.5. The van der Waals surface area contributed by atoms with E-state index in [2.05, 4.69) is 26.4 Å². The van der Waals surface area contributed by atoms with E-state index in [1.165, 1.54) is 6.08 Å². The Kier molecular flexibility index (Phi) is 9.08. The number of unbranched alkanes of at least 4 members (excludes halogenated alkanes) is 2. The zero-order chi connectivity index (χ0) is 23.7. The van der Waals surface area contributed by atoms with Crippen LogP contribution in [0, 0.1) is 0 Å². The second-order valence-corrected chi connectivity index (χ2v) is 6.74. The Bertz CT molecular complexity index is 863. The molecule has 0 radical (unpaired) electrons. The van der Waals surface area contributed by atoms with Crippen LogP contribution in [0.2, 0.25) is 0 Å². The summed E-state index contributed by atoms with van der Waals surface area (Å²) in [5.41, 5.74) is -1.18. The van der Waals surface area contributed by atoms with E-state index in [-0.39, 0.29) is 19.0 Å². The van der Waals surface area contributed by atoms with Gasteiger partial charge in [0.05, 0.1) is 13.2 Å². The number of hydrogen-bond donors (Lipinski definition) is 2. The van der Waals surface area contributed by atoms with Gasteiger partial charge in [-0.2, -0.15) is 13.8 Å². The summed E-state index contributed by atoms with van der Waals surface area (Å²) in [6, 6.07) is 1.09. The summed E-state index contributed by atoms with van der Waals surface area (Å²) in [6.07, 6.45) is -3.73. The molecule has 3 unspecified atom stereocenters. The molecule has 178 valence electrons. The molecule has 13 heteroatoms. The van der Waals surface area contributed by atoms with Crippen LogP contribution in [0.3, 0.4) is 0 Å². The Balaban J connectivity index is 2.11. The Morgan fingerprint density at radius 3 is 2.78 bits per heavy atom. The molecule has 32 heavy (non-hydrogen) atoms. The van der Waals surface area contributed by atoms with E-state index in [4.69, 9.17) is 9.47 Å². The van der Waals surface area contributed by atoms with E-state index in [1.54, 1.807) is 0 Å². The number of anilines is 1. The van der Waals surface area contributed by atoms with Crippen molar-refractivity contribution in [1.29, 1.82) is 0 Å². The highest BCUT2D eigenvalue weighted by atomic mass is 19.3. The van der Waals surface area contributed by atoms with E-state index >= 15 is 0 Å². The van der Waals surface area contributed by atoms with Crippen LogP contribution in [0.4, 0.5) is 24.2 Å². The summed E-state index contributed by atoms with van der Waals surface area (Å²) in [7, 11) is 0. The number of carbonyl (C=O) groups is 2. The van der Waals surface area contributed by atoms with Gasteiger partial charge in [0.25, 0.3) is 0 Å². The van der Waals surface area contributed by atoms with Crippen LogP contribution < -0.4 is 11.0 Å². The Hall–Kier alpha value is -3.06. The molecule has 11 nitrogen and oxygen atoms in total. The van der Waals surface area contributed by atoms with E-state index in [0.717, 1.165) is 25.1 Å². The first-order chi connectivity index (χ1) is 15.2. The molecule has 2 heterocycles. The van der Waals surface area contributed by atoms with Crippen LogP contribution in [-0.2, 0) is 18.9 Å². The first-order valence-corrected chi connectivity index (χ1v) is 9.86. The minimum absolute atomic E-state index is 0.179. The van der Waals surface area contributed by atoms with Crippen LogP contribution in [0.15, 0.2) is 29.7 Å². The van der Waals surface area contributed by atoms with Crippen molar-refractivity contribution in [1.82, 2.24) is 9.55 Å². The van der Waals surface area contributed by atoms with Gasteiger partial charge in [0.2, 0.25) is 12.3 Å². The molecule has 0 saturated carbocycles. The first-order valence-electron chi connectivity index (χ1n) is 9.86. The topological polar surface area (TPSA) is 138 Å². The summed E-state index contributed by atoms with van der Waals surface area (Å²) >= 11 is 0. The number of aliphatic hydroxyl groups excluding tert-OH is 1. The van der Waals surface area contributed by atoms with Gasteiger partial charge in [-0.15, -0.1) is 0 Å². The molecule has 1 saturated heterocycles. The third kappa shape index (κ3) is 6.23. The Morgan fingerprint density at radius 2 is 2.16 bits per heavy atom. The number of nitrogens with zero attached hydrogens (tertiary/aromatic N) is 2. The molecule has 1 aromatic rings. The van der Waals surface area contributed by atoms with Crippen molar-refractivity contribution in [2.24, 2.45) is 0 Å². The number of ether oxygens (including phenoxy) is 4. The van der Waals surface area contributed by atoms with E-state index in [9.17, 15) is 28.3 Å². The molecule has 1 aromatic heterocycles. The van der Waals surface area contributed by atoms with E-state index in [1.807, 2.05) is 6.92 Å². The van der Waals surface area contributed by atoms with Crippen LogP contribution in [0.1, 0.15) is 32.4 Å². The van der Waals surface area contributed by atoms with Crippen LogP contribution in [-0.4, -0.2) is 64.9 Å². The van der Waals surface area contributed by atoms with Gasteiger partial charge in [-0.05, 0) is 12.5 Å². The average molecular weight is 461 g/mol. The molecular weight excluding hydrogens is 436 g/mol. The molecule has 0 aromatic carbocycles. The molecule has 3 atom stereocenters. The number of rotatable bonds is 10. The van der Waals surface area contributed by atoms with Crippen LogP contribution in [0.5, 0.6) is 0 Å². The quantitative estimate of drug-likeness (QED) is 0.305. The lowest BCUT2D eigenvalue weighted by Gasteiger charge is -2.23. The lowest BCUT2D eigenvalue weighted by molar-refractivity contribution is -0.146. The molecule has 1 aliphatic rings. The monoisotopic (exact) mass is 461 g/mol. The van der Waals surface area contributed by atoms with Gasteiger partial charge in [0.15, 0.2) is 0 Å². The summed E-state index contributed by atoms with van der Waals surface area (Å²) in [4.78, 5) is 39.1. The van der Waals surface area contributed by atoms with Gasteiger partial charge < -0.3 is 24.1 Å². The summed E-state index contributed by atoms with van der Waals surface area (Å²) in [6.45, 7) is 4.28. The number of hydrogen-bond acceptors (Lipinski definition) is 9. The summed E-state index contributed by atoms with van der Waals surface area (Å²) in [5.74, 6) is -4.13. The van der Waals surface area contributed by atoms with E-state index < -0.39 is 48.9 Å². The lowest BCUT2D eigenvalue weighted by atomic mass is 10.1. The zero-order valence-corrected chi connectivity index (χ0v) is 17.4. The predicted molar refractivity (Wildman–Crippen MR) is 105 cm³/mol. The maximum Gasteiger partial charge on any atom is 0.509 e. The molecule has 1 amide bonds. The number of carbonyl (C=O) groups excluding carboxylic acids is 2. The van der Waals surface area contributed by atoms with Gasteiger partial charge in [0.1, 0.15) is 18.5 Å². The highest BCUT2D eigenvalue weighted by molar-refractivity contribution is 5.83. The molecule has 0 spiro atoms. The number of amides is 1. The van der Waals surface area contributed by atoms with Gasteiger partial charge in [-0.3, -0.25) is 9.88 Å². The van der Waals surface area contributed by atoms with Crippen molar-refractivity contribution in [3.05, 3.63) is 35.4 Å². The van der Waals surface area contributed by atoms with Gasteiger partial charge in [-0.1, -0.05) is 32.4 Å². The minimum atomic E-state index is -3.92. The standard InChI is InChI=1S/C19H25F2N3O8/c1-3-5-6-10-29-17(27)23-13-7-8-24(16(26)22-13)15-19(20,21)14(12(11-25)31-15)32-18(28)30-9-4-2/h4,7-8,12,14-15,25H,2-3,5-6,9-11H2,1H3,(H,22,23,26,27). The highest BCUT2D eigenvalue weighted by Gasteiger charge is 2.62. The van der Waals surface area contributed by atoms with Crippen LogP contribution in [0.25, 0.3) is 0 Å². The average Bonchev–Trinajstić information content (AvgIpc) is 2.99. The summed E-state index contributed by atoms with van der Waals surface area (Å²) < 4.78 is 49.4. The predicted octanol–water partition coefficient (Wildman–Crippen LogP) is 2.21. The first kappa shape index (κ1) is 25.2. The van der Waals surface area contributed by atoms with Crippen molar-refractivity contribution in [2.75, 3.05) is 25.1 Å². The SMILES string of the molecule is C=CCOC(=O)OC1C(CO)OC(n2ccc(NC(=O)OCCCCC)nc2=O)C1(F)F. The molecule has 2 rings (SSSR count). The molecule has 1 fully saturated rings. The smallest absolute Gasteiger partial charge is 0.449 e. The van der Waals surface area contributed by atoms with Crippen molar-refractivity contribution >= 4 is 18.1 Å². The van der Waals surface area contributed by atoms with Gasteiger partial charge >= 0.3 is 23.9 Å². The fourth-order valence-electron chi connectivity index (χ4n) is 2.84. The van der Waals surface area contributed by atoms with E-state index in [0.29, 0.717) is 11.0 Å². The van der Waals surface area contributed by atoms with Crippen molar-refractivity contribution < 1.29 is 42.4 Å². The Morgan fingerprint density at radius 1 is 1.41 bits per heavy atom. The summed E-state index contributed by atoms with van der Waals surface area (Å²) in [5, 5.41) is 11.6. The van der Waals surface area contributed by atoms with Crippen molar-refractivity contribution in [2.45, 2.75) is 50.5 Å². The molecular formula is C19H25F2N3O8. The largest absolute Gasteiger partial charge is 0.509 e. The van der Waals surface area contributed by atoms with Crippen molar-refractivity contribution in [3.8, 4) is 0 Å². The number of aliphatic hydroxyl groups is 1. The van der Waals surface area contributed by atoms with Gasteiger partial charge in [-0.25, -0.2) is 14.4 Å². The third-order valence-electron chi connectivity index (χ3n) is 4.37. The zero-order valence-electron chi connectivity index (χ0n) is 17.4. The molecule has 0 aliphatic carbocycles. The fraction of sp³-hybridized carbons (Fsp3) is 0.579. The lowest BCUT2D eigenvalue weighted by Crippen LogP contribution is -2.44. The number of alkyl halides is 2. The number of aromatic nitrogens is 2. The maximum absolute atomic E-state index is 14.9. The Labute approximate surface area is 181 Å². The second-order valence-electron chi connectivity index (χ2n) is 6.74. The van der Waals surface area contributed by atoms with Crippen molar-refractivity contribution in [3.63, 3.8) is 0 Å². The molecule has 1 aliphatic heterocycles. The van der Waals surface area contributed by atoms with Gasteiger partial charge in [0, 0.05) is 6.20 Å². The maximum atomic E-state index is 14.9. The highest BCUT2D eigenvalue weighted by Crippen LogP contribution is 2.43. The molecule has 0 bridgehead atoms. The minimum Gasteiger partial charge on any atom is -0.449 e. The molecule has 2 N–H and O–H groups in total. The normalized spacial score (nSPS) is 21.6. The number of halogens is 2. The fourth-order valence-corrected chi connectivity index (χ4v) is 2.84.